The number of nitrogens with zero attached hydrogens (tertiary/aromatic N) is 1. The SMILES string of the molecule is CC(C)c1ccccc1NC(=O)CN1Cc2ccccc2C1=O. The van der Waals surface area contributed by atoms with E-state index in [9.17, 15) is 9.59 Å². The van der Waals surface area contributed by atoms with Crippen molar-refractivity contribution in [2.45, 2.75) is 26.3 Å². The summed E-state index contributed by atoms with van der Waals surface area (Å²) in [6.07, 6.45) is 0. The maximum atomic E-state index is 12.3. The second-order valence-corrected chi connectivity index (χ2v) is 6.11. The highest BCUT2D eigenvalue weighted by Gasteiger charge is 2.28. The van der Waals surface area contributed by atoms with Gasteiger partial charge in [-0.15, -0.1) is 0 Å². The number of carbonyl (C=O) groups is 2. The minimum Gasteiger partial charge on any atom is -0.325 e. The van der Waals surface area contributed by atoms with Gasteiger partial charge in [-0.05, 0) is 29.2 Å². The Morgan fingerprint density at radius 2 is 1.83 bits per heavy atom. The van der Waals surface area contributed by atoms with E-state index in [2.05, 4.69) is 19.2 Å². The molecule has 1 aliphatic rings. The molecule has 0 fully saturated rings. The molecule has 0 unspecified atom stereocenters. The van der Waals surface area contributed by atoms with Crippen LogP contribution in [0.3, 0.4) is 0 Å². The molecule has 0 saturated heterocycles. The number of fused-ring (bicyclic) bond motifs is 1. The third-order valence-electron chi connectivity index (χ3n) is 4.09. The van der Waals surface area contributed by atoms with Crippen LogP contribution in [-0.4, -0.2) is 23.3 Å². The summed E-state index contributed by atoms with van der Waals surface area (Å²) in [6.45, 7) is 4.74. The zero-order chi connectivity index (χ0) is 16.4. The lowest BCUT2D eigenvalue weighted by molar-refractivity contribution is -0.116. The average Bonchev–Trinajstić information content (AvgIpc) is 2.84. The first-order chi connectivity index (χ1) is 11.1. The molecule has 0 saturated carbocycles. The van der Waals surface area contributed by atoms with Gasteiger partial charge >= 0.3 is 0 Å². The molecule has 1 N–H and O–H groups in total. The molecule has 1 aliphatic heterocycles. The Hall–Kier alpha value is -2.62. The number of para-hydroxylation sites is 1. The molecule has 2 aromatic rings. The van der Waals surface area contributed by atoms with Crippen molar-refractivity contribution in [3.63, 3.8) is 0 Å². The molecule has 1 heterocycles. The van der Waals surface area contributed by atoms with Crippen LogP contribution in [0.25, 0.3) is 0 Å². The van der Waals surface area contributed by atoms with Gasteiger partial charge < -0.3 is 10.2 Å². The summed E-state index contributed by atoms with van der Waals surface area (Å²) in [5.41, 5.74) is 3.59. The van der Waals surface area contributed by atoms with Crippen LogP contribution in [0.5, 0.6) is 0 Å². The predicted octanol–water partition coefficient (Wildman–Crippen LogP) is 3.40. The first kappa shape index (κ1) is 15.3. The molecule has 2 aromatic carbocycles. The second-order valence-electron chi connectivity index (χ2n) is 6.11. The van der Waals surface area contributed by atoms with E-state index in [0.717, 1.165) is 16.8 Å². The zero-order valence-corrected chi connectivity index (χ0v) is 13.4. The predicted molar refractivity (Wildman–Crippen MR) is 90.3 cm³/mol. The van der Waals surface area contributed by atoms with Crippen LogP contribution in [0.15, 0.2) is 48.5 Å². The van der Waals surface area contributed by atoms with Gasteiger partial charge in [-0.1, -0.05) is 50.2 Å². The number of amides is 2. The summed E-state index contributed by atoms with van der Waals surface area (Å²) < 4.78 is 0. The molecule has 23 heavy (non-hydrogen) atoms. The van der Waals surface area contributed by atoms with Gasteiger partial charge in [0, 0.05) is 17.8 Å². The summed E-state index contributed by atoms with van der Waals surface area (Å²) >= 11 is 0. The molecule has 4 nitrogen and oxygen atoms in total. The van der Waals surface area contributed by atoms with Gasteiger partial charge in [0.1, 0.15) is 6.54 Å². The van der Waals surface area contributed by atoms with Crippen LogP contribution >= 0.6 is 0 Å². The van der Waals surface area contributed by atoms with Crippen molar-refractivity contribution in [1.29, 1.82) is 0 Å². The fourth-order valence-corrected chi connectivity index (χ4v) is 2.92. The Bertz CT molecular complexity index is 753. The van der Waals surface area contributed by atoms with E-state index in [1.807, 2.05) is 48.5 Å². The Balaban J connectivity index is 1.69. The number of hydrogen-bond acceptors (Lipinski definition) is 2. The maximum absolute atomic E-state index is 12.3. The molecule has 0 aromatic heterocycles. The van der Waals surface area contributed by atoms with Crippen LogP contribution in [0.2, 0.25) is 0 Å². The average molecular weight is 308 g/mol. The Kier molecular flexibility index (Phi) is 4.15. The molecule has 118 valence electrons. The minimum absolute atomic E-state index is 0.0694. The number of hydrogen-bond donors (Lipinski definition) is 1. The molecule has 0 radical (unpaired) electrons. The minimum atomic E-state index is -0.167. The first-order valence-corrected chi connectivity index (χ1v) is 7.82. The first-order valence-electron chi connectivity index (χ1n) is 7.82. The van der Waals surface area contributed by atoms with Gasteiger partial charge in [0.05, 0.1) is 0 Å². The van der Waals surface area contributed by atoms with Crippen molar-refractivity contribution in [1.82, 2.24) is 4.90 Å². The van der Waals surface area contributed by atoms with E-state index >= 15 is 0 Å². The van der Waals surface area contributed by atoms with Crippen LogP contribution in [0.4, 0.5) is 5.69 Å². The number of benzene rings is 2. The molecule has 0 atom stereocenters. The Morgan fingerprint density at radius 3 is 2.57 bits per heavy atom. The van der Waals surface area contributed by atoms with Gasteiger partial charge in [0.2, 0.25) is 5.91 Å². The van der Waals surface area contributed by atoms with E-state index < -0.39 is 0 Å². The maximum Gasteiger partial charge on any atom is 0.254 e. The van der Waals surface area contributed by atoms with Crippen molar-refractivity contribution in [3.8, 4) is 0 Å². The van der Waals surface area contributed by atoms with Gasteiger partial charge in [-0.3, -0.25) is 9.59 Å². The van der Waals surface area contributed by atoms with E-state index in [4.69, 9.17) is 0 Å². The van der Waals surface area contributed by atoms with Crippen LogP contribution in [-0.2, 0) is 11.3 Å². The molecule has 0 aliphatic carbocycles. The van der Waals surface area contributed by atoms with Crippen LogP contribution < -0.4 is 5.32 Å². The standard InChI is InChI=1S/C19H20N2O2/c1-13(2)15-8-5-6-10-17(15)20-18(22)12-21-11-14-7-3-4-9-16(14)19(21)23/h3-10,13H,11-12H2,1-2H3,(H,20,22). The number of anilines is 1. The van der Waals surface area contributed by atoms with E-state index in [0.29, 0.717) is 18.0 Å². The van der Waals surface area contributed by atoms with Crippen molar-refractivity contribution in [2.24, 2.45) is 0 Å². The molecular weight excluding hydrogens is 288 g/mol. The lowest BCUT2D eigenvalue weighted by atomic mass is 10.0. The van der Waals surface area contributed by atoms with Gasteiger partial charge in [0.25, 0.3) is 5.91 Å². The van der Waals surface area contributed by atoms with Crippen molar-refractivity contribution in [2.75, 3.05) is 11.9 Å². The van der Waals surface area contributed by atoms with E-state index in [1.165, 1.54) is 0 Å². The van der Waals surface area contributed by atoms with Crippen molar-refractivity contribution in [3.05, 3.63) is 65.2 Å². The molecular formula is C19H20N2O2. The van der Waals surface area contributed by atoms with E-state index in [-0.39, 0.29) is 18.4 Å². The summed E-state index contributed by atoms with van der Waals surface area (Å²) in [6, 6.07) is 15.3. The quantitative estimate of drug-likeness (QED) is 0.941. The summed E-state index contributed by atoms with van der Waals surface area (Å²) in [5, 5.41) is 2.93. The van der Waals surface area contributed by atoms with Gasteiger partial charge in [-0.25, -0.2) is 0 Å². The Morgan fingerprint density at radius 1 is 1.13 bits per heavy atom. The largest absolute Gasteiger partial charge is 0.325 e. The van der Waals surface area contributed by atoms with Crippen molar-refractivity contribution >= 4 is 17.5 Å². The number of carbonyl (C=O) groups excluding carboxylic acids is 2. The van der Waals surface area contributed by atoms with Gasteiger partial charge in [-0.2, -0.15) is 0 Å². The molecule has 4 heteroatoms. The number of rotatable bonds is 4. The molecule has 0 spiro atoms. The van der Waals surface area contributed by atoms with Crippen LogP contribution in [0, 0.1) is 0 Å². The molecule has 3 rings (SSSR count). The smallest absolute Gasteiger partial charge is 0.254 e. The fourth-order valence-electron chi connectivity index (χ4n) is 2.92. The van der Waals surface area contributed by atoms with Crippen LogP contribution in [0.1, 0.15) is 41.3 Å². The van der Waals surface area contributed by atoms with Crippen molar-refractivity contribution < 1.29 is 9.59 Å². The monoisotopic (exact) mass is 308 g/mol. The highest BCUT2D eigenvalue weighted by Crippen LogP contribution is 2.25. The van der Waals surface area contributed by atoms with Gasteiger partial charge in [0.15, 0.2) is 0 Å². The molecule has 0 bridgehead atoms. The summed E-state index contributed by atoms with van der Waals surface area (Å²) in [5.74, 6) is 0.0799. The summed E-state index contributed by atoms with van der Waals surface area (Å²) in [4.78, 5) is 26.2. The lowest BCUT2D eigenvalue weighted by Crippen LogP contribution is -2.33. The topological polar surface area (TPSA) is 49.4 Å². The third kappa shape index (κ3) is 3.11. The lowest BCUT2D eigenvalue weighted by Gasteiger charge is -2.17. The molecule has 2 amide bonds. The summed E-state index contributed by atoms with van der Waals surface area (Å²) in [7, 11) is 0. The second kappa shape index (κ2) is 6.24. The fraction of sp³-hybridized carbons (Fsp3) is 0.263. The normalized spacial score (nSPS) is 13.3. The third-order valence-corrected chi connectivity index (χ3v) is 4.09. The Labute approximate surface area is 136 Å². The zero-order valence-electron chi connectivity index (χ0n) is 13.4. The highest BCUT2D eigenvalue weighted by atomic mass is 16.2. The van der Waals surface area contributed by atoms with E-state index in [1.54, 1.807) is 4.90 Å². The highest BCUT2D eigenvalue weighted by molar-refractivity contribution is 6.02. The number of nitrogens with one attached hydrogen (secondary N) is 1.